The second kappa shape index (κ2) is 9.41. The molecule has 0 N–H and O–H groups in total. The molecule has 8 nitrogen and oxygen atoms in total. The van der Waals surface area contributed by atoms with Gasteiger partial charge in [0, 0.05) is 69.4 Å². The van der Waals surface area contributed by atoms with Gasteiger partial charge < -0.3 is 14.5 Å². The molecule has 3 aromatic rings. The van der Waals surface area contributed by atoms with Crippen molar-refractivity contribution in [1.82, 2.24) is 24.8 Å². The minimum absolute atomic E-state index is 0.0674. The number of rotatable bonds is 4. The van der Waals surface area contributed by atoms with E-state index in [1.165, 1.54) is 19.3 Å². The lowest BCUT2D eigenvalue weighted by Crippen LogP contribution is -2.52. The quantitative estimate of drug-likeness (QED) is 0.578. The lowest BCUT2D eigenvalue weighted by atomic mass is 9.91. The highest BCUT2D eigenvalue weighted by molar-refractivity contribution is 5.97. The number of methoxy groups -OCH3 is 1. The molecule has 182 valence electrons. The number of amides is 1. The monoisotopic (exact) mass is 472 g/mol. The van der Waals surface area contributed by atoms with Gasteiger partial charge in [-0.2, -0.15) is 0 Å². The molecule has 2 fully saturated rings. The maximum Gasteiger partial charge on any atom is 0.272 e. The van der Waals surface area contributed by atoms with Crippen LogP contribution in [0.4, 0.5) is 5.95 Å². The summed E-state index contributed by atoms with van der Waals surface area (Å²) < 4.78 is 5.54. The van der Waals surface area contributed by atoms with Crippen molar-refractivity contribution >= 4 is 22.8 Å². The van der Waals surface area contributed by atoms with Crippen molar-refractivity contribution in [2.45, 2.75) is 38.1 Å². The first-order chi connectivity index (χ1) is 17.2. The van der Waals surface area contributed by atoms with E-state index in [9.17, 15) is 4.79 Å². The molecule has 1 saturated carbocycles. The topological polar surface area (TPSA) is 74.7 Å². The highest BCUT2D eigenvalue weighted by atomic mass is 16.5. The lowest BCUT2D eigenvalue weighted by molar-refractivity contribution is 0.0757. The number of carbonyl (C=O) groups is 1. The van der Waals surface area contributed by atoms with Crippen molar-refractivity contribution in [2.75, 3.05) is 51.3 Å². The van der Waals surface area contributed by atoms with Crippen LogP contribution in [0, 0.1) is 0 Å². The summed E-state index contributed by atoms with van der Waals surface area (Å²) in [6.45, 7) is 5.40. The number of hydrogen-bond acceptors (Lipinski definition) is 7. The molecular formula is C27H32N6O2. The Labute approximate surface area is 205 Å². The fraction of sp³-hybridized carbons (Fsp3) is 0.481. The zero-order valence-electron chi connectivity index (χ0n) is 20.3. The molecule has 0 radical (unpaired) electrons. The van der Waals surface area contributed by atoms with Crippen molar-refractivity contribution in [1.29, 1.82) is 0 Å². The standard InChI is InChI=1S/C27H32N6O2/c1-35-25-17-24(29-23-8-3-2-7-21(23)25)26(34)32-11-9-19-18-28-27(30-22(19)10-12-32)33-15-13-31(14-16-33)20-5-4-6-20/h2-3,7-8,17-18,20H,4-6,9-16H2,1H3. The van der Waals surface area contributed by atoms with Crippen molar-refractivity contribution in [3.8, 4) is 5.75 Å². The molecule has 2 aromatic heterocycles. The van der Waals surface area contributed by atoms with Gasteiger partial charge in [0.05, 0.1) is 18.3 Å². The van der Waals surface area contributed by atoms with E-state index >= 15 is 0 Å². The first kappa shape index (κ1) is 22.2. The maximum atomic E-state index is 13.4. The number of carbonyl (C=O) groups excluding carboxylic acids is 1. The van der Waals surface area contributed by atoms with Crippen LogP contribution in [0.15, 0.2) is 36.5 Å². The lowest BCUT2D eigenvalue weighted by Gasteiger charge is -2.43. The van der Waals surface area contributed by atoms with Gasteiger partial charge >= 0.3 is 0 Å². The van der Waals surface area contributed by atoms with E-state index in [-0.39, 0.29) is 5.91 Å². The number of nitrogens with zero attached hydrogens (tertiary/aromatic N) is 6. The van der Waals surface area contributed by atoms with Gasteiger partial charge in [0.2, 0.25) is 5.95 Å². The van der Waals surface area contributed by atoms with Crippen LogP contribution in [0.2, 0.25) is 0 Å². The number of anilines is 1. The minimum atomic E-state index is -0.0674. The number of ether oxygens (including phenoxy) is 1. The van der Waals surface area contributed by atoms with E-state index in [4.69, 9.17) is 14.7 Å². The van der Waals surface area contributed by atoms with Crippen LogP contribution in [0.1, 0.15) is 41.0 Å². The number of aromatic nitrogens is 3. The van der Waals surface area contributed by atoms with Gasteiger partial charge in [-0.1, -0.05) is 18.6 Å². The summed E-state index contributed by atoms with van der Waals surface area (Å²) >= 11 is 0. The number of hydrogen-bond donors (Lipinski definition) is 0. The average molecular weight is 473 g/mol. The van der Waals surface area contributed by atoms with Crippen molar-refractivity contribution in [2.24, 2.45) is 0 Å². The zero-order chi connectivity index (χ0) is 23.8. The SMILES string of the molecule is COc1cc(C(=O)N2CCc3cnc(N4CCN(C5CCC5)CC4)nc3CC2)nc2ccccc12. The van der Waals surface area contributed by atoms with Crippen LogP contribution in [-0.2, 0) is 12.8 Å². The van der Waals surface area contributed by atoms with Gasteiger partial charge in [-0.25, -0.2) is 15.0 Å². The molecule has 6 rings (SSSR count). The Hall–Kier alpha value is -3.26. The first-order valence-corrected chi connectivity index (χ1v) is 12.8. The first-order valence-electron chi connectivity index (χ1n) is 12.8. The molecule has 8 heteroatoms. The molecule has 1 amide bonds. The third-order valence-electron chi connectivity index (χ3n) is 7.80. The molecule has 1 saturated heterocycles. The average Bonchev–Trinajstić information content (AvgIpc) is 3.09. The van der Waals surface area contributed by atoms with E-state index < -0.39 is 0 Å². The Bertz CT molecular complexity index is 1240. The molecule has 2 aliphatic heterocycles. The van der Waals surface area contributed by atoms with Crippen LogP contribution >= 0.6 is 0 Å². The van der Waals surface area contributed by atoms with Crippen LogP contribution in [-0.4, -0.2) is 83.1 Å². The Kier molecular flexibility index (Phi) is 5.98. The predicted octanol–water partition coefficient (Wildman–Crippen LogP) is 2.95. The largest absolute Gasteiger partial charge is 0.496 e. The van der Waals surface area contributed by atoms with E-state index in [0.717, 1.165) is 73.2 Å². The van der Waals surface area contributed by atoms with Crippen molar-refractivity contribution in [3.63, 3.8) is 0 Å². The number of piperazine rings is 1. The molecule has 0 spiro atoms. The summed E-state index contributed by atoms with van der Waals surface area (Å²) in [4.78, 5) is 34.5. The van der Waals surface area contributed by atoms with Gasteiger partial charge in [-0.05, 0) is 37.0 Å². The highest BCUT2D eigenvalue weighted by Crippen LogP contribution is 2.28. The summed E-state index contributed by atoms with van der Waals surface area (Å²) in [6.07, 6.45) is 7.53. The Morgan fingerprint density at radius 1 is 1.00 bits per heavy atom. The molecule has 0 bridgehead atoms. The number of fused-ring (bicyclic) bond motifs is 2. The molecule has 4 heterocycles. The fourth-order valence-corrected chi connectivity index (χ4v) is 5.44. The summed E-state index contributed by atoms with van der Waals surface area (Å²) in [5.74, 6) is 1.44. The zero-order valence-corrected chi connectivity index (χ0v) is 20.3. The molecular weight excluding hydrogens is 440 g/mol. The van der Waals surface area contributed by atoms with Crippen LogP contribution in [0.25, 0.3) is 10.9 Å². The van der Waals surface area contributed by atoms with E-state index in [2.05, 4.69) is 14.8 Å². The van der Waals surface area contributed by atoms with Gasteiger partial charge in [0.25, 0.3) is 5.91 Å². The normalized spacial score (nSPS) is 19.2. The number of para-hydroxylation sites is 1. The Morgan fingerprint density at radius 2 is 1.80 bits per heavy atom. The van der Waals surface area contributed by atoms with E-state index in [1.54, 1.807) is 13.2 Å². The van der Waals surface area contributed by atoms with Crippen LogP contribution in [0.5, 0.6) is 5.75 Å². The minimum Gasteiger partial charge on any atom is -0.496 e. The highest BCUT2D eigenvalue weighted by Gasteiger charge is 2.29. The smallest absolute Gasteiger partial charge is 0.272 e. The predicted molar refractivity (Wildman–Crippen MR) is 135 cm³/mol. The van der Waals surface area contributed by atoms with Crippen molar-refractivity contribution < 1.29 is 9.53 Å². The summed E-state index contributed by atoms with van der Waals surface area (Å²) in [6, 6.07) is 10.3. The molecule has 1 aromatic carbocycles. The summed E-state index contributed by atoms with van der Waals surface area (Å²) in [5.41, 5.74) is 3.39. The number of pyridine rings is 1. The van der Waals surface area contributed by atoms with E-state index in [1.807, 2.05) is 35.4 Å². The third kappa shape index (κ3) is 4.31. The third-order valence-corrected chi connectivity index (χ3v) is 7.80. The maximum absolute atomic E-state index is 13.4. The summed E-state index contributed by atoms with van der Waals surface area (Å²) in [5, 5.41) is 0.908. The van der Waals surface area contributed by atoms with Crippen molar-refractivity contribution in [3.05, 3.63) is 53.5 Å². The molecule has 0 unspecified atom stereocenters. The Balaban J connectivity index is 1.15. The fourth-order valence-electron chi connectivity index (χ4n) is 5.44. The van der Waals surface area contributed by atoms with Gasteiger partial charge in [-0.15, -0.1) is 0 Å². The van der Waals surface area contributed by atoms with Gasteiger partial charge in [0.15, 0.2) is 0 Å². The van der Waals surface area contributed by atoms with E-state index in [0.29, 0.717) is 24.5 Å². The molecule has 0 atom stereocenters. The molecule has 35 heavy (non-hydrogen) atoms. The molecule has 1 aliphatic carbocycles. The second-order valence-electron chi connectivity index (χ2n) is 9.77. The number of benzene rings is 1. The summed E-state index contributed by atoms with van der Waals surface area (Å²) in [7, 11) is 1.63. The second-order valence-corrected chi connectivity index (χ2v) is 9.77. The van der Waals surface area contributed by atoms with Crippen LogP contribution < -0.4 is 9.64 Å². The Morgan fingerprint density at radius 3 is 2.57 bits per heavy atom. The van der Waals surface area contributed by atoms with Crippen LogP contribution in [0.3, 0.4) is 0 Å². The molecule has 3 aliphatic rings. The van der Waals surface area contributed by atoms with Gasteiger partial charge in [-0.3, -0.25) is 9.69 Å². The van der Waals surface area contributed by atoms with Gasteiger partial charge in [0.1, 0.15) is 11.4 Å².